The van der Waals surface area contributed by atoms with E-state index in [9.17, 15) is 9.50 Å². The van der Waals surface area contributed by atoms with E-state index in [0.29, 0.717) is 28.5 Å². The molecule has 1 heterocycles. The van der Waals surface area contributed by atoms with Gasteiger partial charge in [-0.15, -0.1) is 0 Å². The van der Waals surface area contributed by atoms with E-state index in [1.54, 1.807) is 49.6 Å². The molecule has 0 unspecified atom stereocenters. The summed E-state index contributed by atoms with van der Waals surface area (Å²) in [5.41, 5.74) is 6.63. The Morgan fingerprint density at radius 1 is 1.03 bits per heavy atom. The van der Waals surface area contributed by atoms with Gasteiger partial charge in [0.15, 0.2) is 5.75 Å². The average molecular weight is 468 g/mol. The minimum Gasteiger partial charge on any atom is -0.507 e. The molecule has 3 aromatic carbocycles. The fraction of sp³-hybridized carbons (Fsp3) is 0.0833. The Bertz CT molecular complexity index is 1270. The van der Waals surface area contributed by atoms with E-state index in [0.717, 1.165) is 0 Å². The van der Waals surface area contributed by atoms with Crippen molar-refractivity contribution in [3.63, 3.8) is 0 Å². The first kappa shape index (κ1) is 22.2. The molecule has 0 saturated heterocycles. The maximum Gasteiger partial charge on any atom is 0.220 e. The highest BCUT2D eigenvalue weighted by Gasteiger charge is 2.16. The molecule has 0 atom stereocenters. The molecule has 0 aliphatic rings. The molecule has 0 bridgehead atoms. The number of nitrogens with zero attached hydrogens (tertiary/aromatic N) is 2. The van der Waals surface area contributed by atoms with Gasteiger partial charge in [-0.3, -0.25) is 0 Å². The summed E-state index contributed by atoms with van der Waals surface area (Å²) in [6.07, 6.45) is 1.42. The standard InChI is InChI=1S/C24H19ClFN3O4/c1-31-14-5-7-15(8-6-14)33-22-12-28-24(27)29-23(22)17-10-9-16(11-21(17)30)32-13-18-19(25)3-2-4-20(18)26/h2-12,30H,13H2,1H3,(H2,27,28,29). The van der Waals surface area contributed by atoms with Crippen molar-refractivity contribution in [2.45, 2.75) is 6.61 Å². The fourth-order valence-corrected chi connectivity index (χ4v) is 3.27. The number of rotatable bonds is 7. The van der Waals surface area contributed by atoms with E-state index < -0.39 is 5.82 Å². The molecule has 168 valence electrons. The maximum absolute atomic E-state index is 14.0. The fourth-order valence-electron chi connectivity index (χ4n) is 3.05. The summed E-state index contributed by atoms with van der Waals surface area (Å²) >= 11 is 6.03. The Balaban J connectivity index is 1.59. The lowest BCUT2D eigenvalue weighted by Crippen LogP contribution is -2.01. The molecule has 4 rings (SSSR count). The molecule has 7 nitrogen and oxygen atoms in total. The summed E-state index contributed by atoms with van der Waals surface area (Å²) < 4.78 is 30.6. The first-order chi connectivity index (χ1) is 15.9. The minimum atomic E-state index is -0.472. The van der Waals surface area contributed by atoms with Crippen LogP contribution in [0.3, 0.4) is 0 Å². The monoisotopic (exact) mass is 467 g/mol. The topological polar surface area (TPSA) is 99.7 Å². The predicted molar refractivity (Wildman–Crippen MR) is 122 cm³/mol. The second kappa shape index (κ2) is 9.62. The number of aromatic hydroxyl groups is 1. The van der Waals surface area contributed by atoms with Crippen LogP contribution in [0.1, 0.15) is 5.56 Å². The first-order valence-corrected chi connectivity index (χ1v) is 10.2. The second-order valence-electron chi connectivity index (χ2n) is 6.89. The molecule has 0 aliphatic carbocycles. The van der Waals surface area contributed by atoms with Gasteiger partial charge in [-0.2, -0.15) is 0 Å². The Kier molecular flexibility index (Phi) is 6.46. The lowest BCUT2D eigenvalue weighted by atomic mass is 10.1. The van der Waals surface area contributed by atoms with Gasteiger partial charge in [-0.05, 0) is 48.5 Å². The van der Waals surface area contributed by atoms with E-state index in [1.807, 2.05) is 0 Å². The minimum absolute atomic E-state index is 0.0148. The average Bonchev–Trinajstić information content (AvgIpc) is 2.80. The van der Waals surface area contributed by atoms with Crippen molar-refractivity contribution in [2.75, 3.05) is 12.8 Å². The van der Waals surface area contributed by atoms with Gasteiger partial charge in [0.1, 0.15) is 41.1 Å². The van der Waals surface area contributed by atoms with Crippen molar-refractivity contribution >= 4 is 17.5 Å². The predicted octanol–water partition coefficient (Wildman–Crippen LogP) is 5.60. The highest BCUT2D eigenvalue weighted by molar-refractivity contribution is 6.31. The molecule has 0 radical (unpaired) electrons. The molecule has 0 spiro atoms. The van der Waals surface area contributed by atoms with Crippen molar-refractivity contribution in [3.05, 3.63) is 83.3 Å². The summed E-state index contributed by atoms with van der Waals surface area (Å²) in [7, 11) is 1.57. The van der Waals surface area contributed by atoms with Crippen LogP contribution in [0.25, 0.3) is 11.3 Å². The summed E-state index contributed by atoms with van der Waals surface area (Å²) in [5, 5.41) is 10.9. The van der Waals surface area contributed by atoms with Gasteiger partial charge in [0, 0.05) is 17.2 Å². The third-order valence-corrected chi connectivity index (χ3v) is 5.08. The zero-order chi connectivity index (χ0) is 23.4. The van der Waals surface area contributed by atoms with Crippen LogP contribution < -0.4 is 19.9 Å². The van der Waals surface area contributed by atoms with Crippen LogP contribution in [0.4, 0.5) is 10.3 Å². The summed E-state index contributed by atoms with van der Waals surface area (Å²) in [6, 6.07) is 15.9. The maximum atomic E-state index is 14.0. The molecule has 0 saturated carbocycles. The highest BCUT2D eigenvalue weighted by atomic mass is 35.5. The number of methoxy groups -OCH3 is 1. The number of benzene rings is 3. The van der Waals surface area contributed by atoms with Gasteiger partial charge in [-0.25, -0.2) is 14.4 Å². The number of phenols is 1. The number of nitrogen functional groups attached to an aromatic ring is 1. The van der Waals surface area contributed by atoms with Crippen molar-refractivity contribution in [2.24, 2.45) is 0 Å². The largest absolute Gasteiger partial charge is 0.507 e. The molecule has 3 N–H and O–H groups in total. The number of hydrogen-bond donors (Lipinski definition) is 2. The van der Waals surface area contributed by atoms with Crippen LogP contribution in [0.15, 0.2) is 66.9 Å². The third-order valence-electron chi connectivity index (χ3n) is 4.73. The number of nitrogens with two attached hydrogens (primary N) is 1. The Morgan fingerprint density at radius 2 is 1.76 bits per heavy atom. The summed E-state index contributed by atoms with van der Waals surface area (Å²) in [5.74, 6) is 1.21. The lowest BCUT2D eigenvalue weighted by Gasteiger charge is -2.13. The number of phenolic OH excluding ortho intramolecular Hbond substituents is 1. The van der Waals surface area contributed by atoms with Gasteiger partial charge in [-0.1, -0.05) is 17.7 Å². The van der Waals surface area contributed by atoms with Gasteiger partial charge in [0.25, 0.3) is 0 Å². The third kappa shape index (κ3) is 5.07. The van der Waals surface area contributed by atoms with Gasteiger partial charge < -0.3 is 25.1 Å². The molecule has 4 aromatic rings. The van der Waals surface area contributed by atoms with Crippen LogP contribution >= 0.6 is 11.6 Å². The molecule has 0 fully saturated rings. The zero-order valence-corrected chi connectivity index (χ0v) is 18.2. The van der Waals surface area contributed by atoms with E-state index in [-0.39, 0.29) is 34.6 Å². The zero-order valence-electron chi connectivity index (χ0n) is 17.5. The van der Waals surface area contributed by atoms with Gasteiger partial charge in [0.05, 0.1) is 18.3 Å². The van der Waals surface area contributed by atoms with Crippen molar-refractivity contribution in [1.82, 2.24) is 9.97 Å². The van der Waals surface area contributed by atoms with E-state index in [4.69, 9.17) is 31.5 Å². The Hall–Kier alpha value is -4.04. The first-order valence-electron chi connectivity index (χ1n) is 9.78. The van der Waals surface area contributed by atoms with Gasteiger partial charge >= 0.3 is 0 Å². The van der Waals surface area contributed by atoms with E-state index >= 15 is 0 Å². The van der Waals surface area contributed by atoms with E-state index in [1.165, 1.54) is 24.4 Å². The quantitative estimate of drug-likeness (QED) is 0.364. The van der Waals surface area contributed by atoms with Crippen LogP contribution in [-0.4, -0.2) is 22.2 Å². The van der Waals surface area contributed by atoms with Crippen LogP contribution in [-0.2, 0) is 6.61 Å². The number of hydrogen-bond acceptors (Lipinski definition) is 7. The molecule has 9 heteroatoms. The van der Waals surface area contributed by atoms with Gasteiger partial charge in [0.2, 0.25) is 5.95 Å². The Morgan fingerprint density at radius 3 is 2.45 bits per heavy atom. The molecule has 0 aliphatic heterocycles. The van der Waals surface area contributed by atoms with Crippen molar-refractivity contribution in [3.8, 4) is 40.0 Å². The van der Waals surface area contributed by atoms with Crippen LogP contribution in [0.2, 0.25) is 5.02 Å². The molecule has 0 amide bonds. The normalized spacial score (nSPS) is 10.6. The number of ether oxygens (including phenoxy) is 3. The lowest BCUT2D eigenvalue weighted by molar-refractivity contribution is 0.298. The molecule has 1 aromatic heterocycles. The summed E-state index contributed by atoms with van der Waals surface area (Å²) in [6.45, 7) is -0.101. The van der Waals surface area contributed by atoms with Crippen molar-refractivity contribution < 1.29 is 23.7 Å². The number of aromatic nitrogens is 2. The molecular formula is C24H19ClFN3O4. The smallest absolute Gasteiger partial charge is 0.220 e. The number of halogens is 2. The van der Waals surface area contributed by atoms with E-state index in [2.05, 4.69) is 9.97 Å². The second-order valence-corrected chi connectivity index (χ2v) is 7.29. The van der Waals surface area contributed by atoms with Crippen LogP contribution in [0.5, 0.6) is 28.7 Å². The highest BCUT2D eigenvalue weighted by Crippen LogP contribution is 2.38. The number of anilines is 1. The Labute approximate surface area is 194 Å². The van der Waals surface area contributed by atoms with Crippen molar-refractivity contribution in [1.29, 1.82) is 0 Å². The molecule has 33 heavy (non-hydrogen) atoms. The SMILES string of the molecule is COc1ccc(Oc2cnc(N)nc2-c2ccc(OCc3c(F)cccc3Cl)cc2O)cc1. The summed E-state index contributed by atoms with van der Waals surface area (Å²) in [4.78, 5) is 8.21. The van der Waals surface area contributed by atoms with Crippen LogP contribution in [0, 0.1) is 5.82 Å². The molecular weight excluding hydrogens is 449 g/mol.